The Morgan fingerprint density at radius 2 is 0.673 bits per heavy atom. The smallest absolute Gasteiger partial charge is 0.136 e. The maximum Gasteiger partial charge on any atom is 0.136 e. The molecule has 0 atom stereocenters. The summed E-state index contributed by atoms with van der Waals surface area (Å²) in [6, 6.07) is 61.6. The lowest BCUT2D eigenvalue weighted by atomic mass is 9.87. The fraction of sp³-hybridized carbons (Fsp3) is 0.154. The summed E-state index contributed by atoms with van der Waals surface area (Å²) in [5.41, 5.74) is 11.3. The largest absolute Gasteiger partial charge is 0.456 e. The lowest BCUT2D eigenvalue weighted by Crippen LogP contribution is -2.13. The molecule has 3 heteroatoms. The number of benzene rings is 8. The first-order chi connectivity index (χ1) is 26.5. The van der Waals surface area contributed by atoms with Gasteiger partial charge in [0.15, 0.2) is 0 Å². The molecule has 0 unspecified atom stereocenters. The number of hydrogen-bond acceptors (Lipinski definition) is 3. The van der Waals surface area contributed by atoms with Crippen molar-refractivity contribution < 1.29 is 4.42 Å². The quantitative estimate of drug-likeness (QED) is 0.171. The van der Waals surface area contributed by atoms with Crippen LogP contribution >= 0.6 is 0 Å². The fourth-order valence-corrected chi connectivity index (χ4v) is 7.78. The van der Waals surface area contributed by atoms with Gasteiger partial charge in [0.25, 0.3) is 0 Å². The number of furan rings is 1. The number of fused-ring (bicyclic) bond motifs is 5. The predicted molar refractivity (Wildman–Crippen MR) is 235 cm³/mol. The minimum atomic E-state index is 0.0899. The molecule has 9 aromatic rings. The molecule has 3 nitrogen and oxygen atoms in total. The van der Waals surface area contributed by atoms with Crippen LogP contribution in [0.4, 0.5) is 34.1 Å². The van der Waals surface area contributed by atoms with Crippen LogP contribution in [-0.4, -0.2) is 0 Å². The van der Waals surface area contributed by atoms with Gasteiger partial charge in [-0.05, 0) is 141 Å². The molecule has 1 aromatic heterocycles. The first-order valence-corrected chi connectivity index (χ1v) is 19.2. The maximum atomic E-state index is 6.67. The van der Waals surface area contributed by atoms with Crippen LogP contribution in [0, 0.1) is 0 Å². The highest BCUT2D eigenvalue weighted by Crippen LogP contribution is 2.42. The Balaban J connectivity index is 1.12. The molecule has 0 spiro atoms. The van der Waals surface area contributed by atoms with Crippen molar-refractivity contribution in [3.8, 4) is 0 Å². The highest BCUT2D eigenvalue weighted by molar-refractivity contribution is 6.14. The van der Waals surface area contributed by atoms with Gasteiger partial charge in [-0.25, -0.2) is 0 Å². The second-order valence-electron chi connectivity index (χ2n) is 16.8. The van der Waals surface area contributed by atoms with E-state index in [0.29, 0.717) is 0 Å². The van der Waals surface area contributed by atoms with Gasteiger partial charge in [0.2, 0.25) is 0 Å². The molecule has 0 N–H and O–H groups in total. The molecule has 0 fully saturated rings. The van der Waals surface area contributed by atoms with Gasteiger partial charge in [0, 0.05) is 44.9 Å². The summed E-state index contributed by atoms with van der Waals surface area (Å²) >= 11 is 0. The molecule has 270 valence electrons. The zero-order valence-electron chi connectivity index (χ0n) is 32.5. The summed E-state index contributed by atoms with van der Waals surface area (Å²) in [7, 11) is 0. The summed E-state index contributed by atoms with van der Waals surface area (Å²) in [5.74, 6) is 0. The topological polar surface area (TPSA) is 19.6 Å². The minimum absolute atomic E-state index is 0.0899. The molecule has 0 saturated carbocycles. The summed E-state index contributed by atoms with van der Waals surface area (Å²) in [6.07, 6.45) is 0. The third-order valence-corrected chi connectivity index (χ3v) is 10.9. The molecule has 0 bridgehead atoms. The standard InChI is InChI=1S/C52H46N2O/c1-51(2,3)39-19-25-43(26-20-39)53(41-13-9-7-10-14-41)45-23-17-35-31-47-48-32-36-18-24-46(30-38(36)34-50(48)55-49(47)33-37(35)29-45)54(42-15-11-8-12-16-42)44-27-21-40(22-28-44)52(4,5)6/h7-34H,1-6H3. The van der Waals surface area contributed by atoms with E-state index in [9.17, 15) is 0 Å². The molecule has 55 heavy (non-hydrogen) atoms. The Labute approximate surface area is 324 Å². The SMILES string of the molecule is CC(C)(C)c1ccc(N(c2ccccc2)c2ccc3cc4c(cc3c2)oc2cc3cc(N(c5ccccc5)c5ccc(C(C)(C)C)cc5)ccc3cc24)cc1. The van der Waals surface area contributed by atoms with Gasteiger partial charge in [-0.3, -0.25) is 0 Å². The van der Waals surface area contributed by atoms with Gasteiger partial charge in [-0.2, -0.15) is 0 Å². The van der Waals surface area contributed by atoms with Crippen molar-refractivity contribution in [2.24, 2.45) is 0 Å². The second kappa shape index (κ2) is 13.2. The van der Waals surface area contributed by atoms with Gasteiger partial charge in [-0.15, -0.1) is 0 Å². The number of rotatable bonds is 6. The van der Waals surface area contributed by atoms with Crippen LogP contribution in [-0.2, 0) is 10.8 Å². The predicted octanol–water partition coefficient (Wildman–Crippen LogP) is 15.4. The summed E-state index contributed by atoms with van der Waals surface area (Å²) in [4.78, 5) is 4.66. The van der Waals surface area contributed by atoms with Crippen molar-refractivity contribution in [3.05, 3.63) is 181 Å². The van der Waals surface area contributed by atoms with Crippen LogP contribution in [0.2, 0.25) is 0 Å². The van der Waals surface area contributed by atoms with E-state index in [4.69, 9.17) is 4.42 Å². The molecule has 9 rings (SSSR count). The molecule has 1 heterocycles. The first kappa shape index (κ1) is 34.4. The Morgan fingerprint density at radius 3 is 1.04 bits per heavy atom. The van der Waals surface area contributed by atoms with E-state index in [-0.39, 0.29) is 10.8 Å². The fourth-order valence-electron chi connectivity index (χ4n) is 7.78. The highest BCUT2D eigenvalue weighted by atomic mass is 16.3. The lowest BCUT2D eigenvalue weighted by Gasteiger charge is -2.27. The second-order valence-corrected chi connectivity index (χ2v) is 16.8. The van der Waals surface area contributed by atoms with Gasteiger partial charge in [-0.1, -0.05) is 114 Å². The zero-order valence-corrected chi connectivity index (χ0v) is 32.5. The monoisotopic (exact) mass is 714 g/mol. The van der Waals surface area contributed by atoms with Crippen molar-refractivity contribution in [3.63, 3.8) is 0 Å². The maximum absolute atomic E-state index is 6.67. The van der Waals surface area contributed by atoms with Crippen molar-refractivity contribution in [1.82, 2.24) is 0 Å². The van der Waals surface area contributed by atoms with E-state index in [1.807, 2.05) is 0 Å². The molecule has 0 aliphatic heterocycles. The van der Waals surface area contributed by atoms with Crippen LogP contribution in [0.5, 0.6) is 0 Å². The normalized spacial score (nSPS) is 12.2. The molecular formula is C52H46N2O. The molecule has 8 aromatic carbocycles. The third kappa shape index (κ3) is 6.50. The van der Waals surface area contributed by atoms with E-state index in [0.717, 1.165) is 66.8 Å². The summed E-state index contributed by atoms with van der Waals surface area (Å²) in [6.45, 7) is 13.5. The van der Waals surface area contributed by atoms with E-state index < -0.39 is 0 Å². The zero-order chi connectivity index (χ0) is 37.9. The van der Waals surface area contributed by atoms with Gasteiger partial charge < -0.3 is 14.2 Å². The van der Waals surface area contributed by atoms with Crippen molar-refractivity contribution in [2.75, 3.05) is 9.80 Å². The average molecular weight is 715 g/mol. The molecule has 0 aliphatic carbocycles. The Morgan fingerprint density at radius 1 is 0.327 bits per heavy atom. The number of nitrogens with zero attached hydrogens (tertiary/aromatic N) is 2. The average Bonchev–Trinajstić information content (AvgIpc) is 3.52. The number of para-hydroxylation sites is 2. The number of anilines is 6. The van der Waals surface area contributed by atoms with Gasteiger partial charge in [0.1, 0.15) is 11.2 Å². The lowest BCUT2D eigenvalue weighted by molar-refractivity contribution is 0.590. The summed E-state index contributed by atoms with van der Waals surface area (Å²) in [5, 5.41) is 6.90. The molecular weight excluding hydrogens is 669 g/mol. The van der Waals surface area contributed by atoms with E-state index >= 15 is 0 Å². The Hall–Kier alpha value is -6.32. The first-order valence-electron chi connectivity index (χ1n) is 19.2. The Bertz CT molecular complexity index is 2610. The van der Waals surface area contributed by atoms with E-state index in [1.165, 1.54) is 21.9 Å². The van der Waals surface area contributed by atoms with Gasteiger partial charge in [0.05, 0.1) is 0 Å². The Kier molecular flexibility index (Phi) is 8.27. The van der Waals surface area contributed by atoms with Crippen LogP contribution in [0.15, 0.2) is 174 Å². The highest BCUT2D eigenvalue weighted by Gasteiger charge is 2.19. The molecule has 0 saturated heterocycles. The molecule has 0 radical (unpaired) electrons. The number of hydrogen-bond donors (Lipinski definition) is 0. The minimum Gasteiger partial charge on any atom is -0.456 e. The summed E-state index contributed by atoms with van der Waals surface area (Å²) < 4.78 is 6.67. The van der Waals surface area contributed by atoms with Crippen LogP contribution in [0.3, 0.4) is 0 Å². The molecule has 0 aliphatic rings. The van der Waals surface area contributed by atoms with Crippen molar-refractivity contribution in [2.45, 2.75) is 52.4 Å². The van der Waals surface area contributed by atoms with Crippen LogP contribution in [0.1, 0.15) is 52.7 Å². The van der Waals surface area contributed by atoms with Crippen LogP contribution < -0.4 is 9.80 Å². The molecule has 0 amide bonds. The van der Waals surface area contributed by atoms with Crippen molar-refractivity contribution in [1.29, 1.82) is 0 Å². The van der Waals surface area contributed by atoms with Crippen LogP contribution in [0.25, 0.3) is 43.5 Å². The van der Waals surface area contributed by atoms with E-state index in [2.05, 4.69) is 221 Å². The van der Waals surface area contributed by atoms with Crippen molar-refractivity contribution >= 4 is 77.6 Å². The van der Waals surface area contributed by atoms with Gasteiger partial charge >= 0.3 is 0 Å². The van der Waals surface area contributed by atoms with E-state index in [1.54, 1.807) is 0 Å². The third-order valence-electron chi connectivity index (χ3n) is 10.9.